The maximum absolute atomic E-state index is 9.12. The van der Waals surface area contributed by atoms with Gasteiger partial charge in [0.25, 0.3) is 0 Å². The van der Waals surface area contributed by atoms with Gasteiger partial charge in [0, 0.05) is 23.1 Å². The predicted molar refractivity (Wildman–Crippen MR) is 85.5 cm³/mol. The Morgan fingerprint density at radius 1 is 1.19 bits per heavy atom. The van der Waals surface area contributed by atoms with Crippen LogP contribution < -0.4 is 0 Å². The van der Waals surface area contributed by atoms with E-state index in [-0.39, 0.29) is 5.41 Å². The quantitative estimate of drug-likeness (QED) is 0.779. The van der Waals surface area contributed by atoms with Gasteiger partial charge in [-0.3, -0.25) is 5.10 Å². The van der Waals surface area contributed by atoms with Crippen LogP contribution in [0.25, 0.3) is 6.08 Å². The van der Waals surface area contributed by atoms with Gasteiger partial charge in [-0.1, -0.05) is 12.2 Å². The summed E-state index contributed by atoms with van der Waals surface area (Å²) in [5.74, 6) is 0. The maximum atomic E-state index is 9.12. The number of rotatable bonds is 2. The second-order valence-corrected chi connectivity index (χ2v) is 6.64. The van der Waals surface area contributed by atoms with Crippen LogP contribution in [0.5, 0.6) is 0 Å². The Balaban J connectivity index is 1.91. The molecule has 3 aromatic rings. The molecular formula is C16H11N3S2. The van der Waals surface area contributed by atoms with Gasteiger partial charge in [-0.25, -0.2) is 0 Å². The number of thiophene rings is 2. The molecule has 0 unspecified atom stereocenters. The maximum Gasteiger partial charge on any atom is 0.169 e. The average Bonchev–Trinajstić information content (AvgIpc) is 3.26. The fraction of sp³-hybridized carbons (Fsp3) is 0.125. The average molecular weight is 309 g/mol. The molecule has 3 heterocycles. The number of H-pyrrole nitrogens is 1. The Bertz CT molecular complexity index is 799. The third-order valence-corrected chi connectivity index (χ3v) is 5.42. The van der Waals surface area contributed by atoms with Gasteiger partial charge in [0.15, 0.2) is 5.69 Å². The van der Waals surface area contributed by atoms with Crippen molar-refractivity contribution < 1.29 is 0 Å². The van der Waals surface area contributed by atoms with Crippen molar-refractivity contribution in [3.63, 3.8) is 0 Å². The molecular weight excluding hydrogens is 298 g/mol. The second kappa shape index (κ2) is 4.69. The van der Waals surface area contributed by atoms with Crippen LogP contribution in [0.3, 0.4) is 0 Å². The minimum atomic E-state index is -0.160. The molecule has 0 amide bonds. The summed E-state index contributed by atoms with van der Waals surface area (Å²) >= 11 is 3.42. The summed E-state index contributed by atoms with van der Waals surface area (Å²) in [6, 6.07) is 6.50. The number of allylic oxidation sites excluding steroid dienone is 1. The summed E-state index contributed by atoms with van der Waals surface area (Å²) in [7, 11) is 0. The van der Waals surface area contributed by atoms with Crippen molar-refractivity contribution in [3.05, 3.63) is 67.8 Å². The van der Waals surface area contributed by atoms with Gasteiger partial charge >= 0.3 is 0 Å². The number of nitrogens with one attached hydrogen (secondary N) is 1. The lowest BCUT2D eigenvalue weighted by Crippen LogP contribution is -2.29. The lowest BCUT2D eigenvalue weighted by Gasteiger charge is -2.32. The molecule has 4 rings (SSSR count). The number of nitrogens with zero attached hydrogens (tertiary/aromatic N) is 2. The van der Waals surface area contributed by atoms with E-state index < -0.39 is 0 Å². The first-order chi connectivity index (χ1) is 10.3. The lowest BCUT2D eigenvalue weighted by atomic mass is 9.70. The fourth-order valence-corrected chi connectivity index (χ4v) is 4.43. The number of aromatic amines is 1. The monoisotopic (exact) mass is 309 g/mol. The van der Waals surface area contributed by atoms with Gasteiger partial charge < -0.3 is 0 Å². The minimum Gasteiger partial charge on any atom is -0.281 e. The highest BCUT2D eigenvalue weighted by Gasteiger charge is 2.37. The fourth-order valence-electron chi connectivity index (χ4n) is 2.95. The zero-order valence-corrected chi connectivity index (χ0v) is 12.7. The van der Waals surface area contributed by atoms with E-state index >= 15 is 0 Å². The van der Waals surface area contributed by atoms with Crippen LogP contribution in [0.2, 0.25) is 0 Å². The van der Waals surface area contributed by atoms with Gasteiger partial charge in [-0.2, -0.15) is 33.0 Å². The number of aromatic nitrogens is 2. The van der Waals surface area contributed by atoms with Crippen LogP contribution in [0.1, 0.15) is 28.1 Å². The highest BCUT2D eigenvalue weighted by atomic mass is 32.1. The molecule has 0 saturated carbocycles. The molecule has 1 aliphatic carbocycles. The van der Waals surface area contributed by atoms with Gasteiger partial charge in [0.2, 0.25) is 0 Å². The van der Waals surface area contributed by atoms with E-state index in [9.17, 15) is 0 Å². The molecule has 102 valence electrons. The first kappa shape index (κ1) is 12.6. The molecule has 0 bridgehead atoms. The Labute approximate surface area is 130 Å². The van der Waals surface area contributed by atoms with Crippen molar-refractivity contribution in [2.75, 3.05) is 0 Å². The molecule has 0 atom stereocenters. The first-order valence-electron chi connectivity index (χ1n) is 6.55. The molecule has 0 saturated heterocycles. The summed E-state index contributed by atoms with van der Waals surface area (Å²) < 4.78 is 0. The van der Waals surface area contributed by atoms with Gasteiger partial charge in [-0.05, 0) is 44.8 Å². The molecule has 0 aliphatic heterocycles. The second-order valence-electron chi connectivity index (χ2n) is 5.08. The van der Waals surface area contributed by atoms with Crippen LogP contribution in [-0.4, -0.2) is 10.2 Å². The molecule has 3 nitrogen and oxygen atoms in total. The smallest absolute Gasteiger partial charge is 0.169 e. The number of nitriles is 1. The van der Waals surface area contributed by atoms with Crippen molar-refractivity contribution in [2.45, 2.75) is 11.8 Å². The zero-order chi connectivity index (χ0) is 14.3. The SMILES string of the molecule is N#Cc1n[nH]c2c1C=CC(c1ccsc1)(c1ccsc1)C2. The van der Waals surface area contributed by atoms with Crippen LogP contribution in [0, 0.1) is 11.3 Å². The summed E-state index contributed by atoms with van der Waals surface area (Å²) in [4.78, 5) is 0. The molecule has 1 aliphatic rings. The van der Waals surface area contributed by atoms with Crippen molar-refractivity contribution in [1.82, 2.24) is 10.2 Å². The van der Waals surface area contributed by atoms with Crippen molar-refractivity contribution in [1.29, 1.82) is 5.26 Å². The first-order valence-corrected chi connectivity index (χ1v) is 8.44. The van der Waals surface area contributed by atoms with E-state index in [1.165, 1.54) is 11.1 Å². The molecule has 21 heavy (non-hydrogen) atoms. The Morgan fingerprint density at radius 2 is 1.90 bits per heavy atom. The standard InChI is InChI=1S/C16H11N3S2/c17-8-15-13-1-4-16(7-14(13)18-19-15,11-2-5-20-9-11)12-3-6-21-10-12/h1-6,9-10H,7H2,(H,18,19). The van der Waals surface area contributed by atoms with E-state index in [2.05, 4.69) is 56.0 Å². The molecule has 0 aromatic carbocycles. The largest absolute Gasteiger partial charge is 0.281 e. The highest BCUT2D eigenvalue weighted by molar-refractivity contribution is 7.08. The Hall–Kier alpha value is -2.16. The number of fused-ring (bicyclic) bond motifs is 1. The predicted octanol–water partition coefficient (Wildman–Crippen LogP) is 3.96. The third-order valence-electron chi connectivity index (χ3n) is 4.05. The van der Waals surface area contributed by atoms with Crippen molar-refractivity contribution in [3.8, 4) is 6.07 Å². The summed E-state index contributed by atoms with van der Waals surface area (Å²) in [5, 5.41) is 24.9. The molecule has 5 heteroatoms. The third kappa shape index (κ3) is 1.80. The number of hydrogen-bond donors (Lipinski definition) is 1. The molecule has 3 aromatic heterocycles. The summed E-state index contributed by atoms with van der Waals surface area (Å²) in [5.41, 5.74) is 4.86. The molecule has 0 spiro atoms. The summed E-state index contributed by atoms with van der Waals surface area (Å²) in [6.45, 7) is 0. The zero-order valence-electron chi connectivity index (χ0n) is 11.0. The highest BCUT2D eigenvalue weighted by Crippen LogP contribution is 2.43. The molecule has 1 N–H and O–H groups in total. The van der Waals surface area contributed by atoms with Crippen LogP contribution >= 0.6 is 22.7 Å². The van der Waals surface area contributed by atoms with E-state index in [0.717, 1.165) is 17.7 Å². The van der Waals surface area contributed by atoms with E-state index in [1.54, 1.807) is 22.7 Å². The lowest BCUT2D eigenvalue weighted by molar-refractivity contribution is 0.625. The van der Waals surface area contributed by atoms with E-state index in [0.29, 0.717) is 5.69 Å². The van der Waals surface area contributed by atoms with Crippen LogP contribution in [-0.2, 0) is 11.8 Å². The summed E-state index contributed by atoms with van der Waals surface area (Å²) in [6.07, 6.45) is 5.06. The topological polar surface area (TPSA) is 52.5 Å². The minimum absolute atomic E-state index is 0.160. The van der Waals surface area contributed by atoms with Crippen molar-refractivity contribution >= 4 is 28.7 Å². The Kier molecular flexibility index (Phi) is 2.81. The van der Waals surface area contributed by atoms with Crippen LogP contribution in [0.4, 0.5) is 0 Å². The van der Waals surface area contributed by atoms with Gasteiger partial charge in [-0.15, -0.1) is 0 Å². The van der Waals surface area contributed by atoms with E-state index in [1.807, 2.05) is 6.08 Å². The normalized spacial score (nSPS) is 15.6. The van der Waals surface area contributed by atoms with E-state index in [4.69, 9.17) is 5.26 Å². The Morgan fingerprint density at radius 3 is 2.48 bits per heavy atom. The van der Waals surface area contributed by atoms with Crippen molar-refractivity contribution in [2.24, 2.45) is 0 Å². The van der Waals surface area contributed by atoms with Gasteiger partial charge in [0.05, 0.1) is 0 Å². The molecule has 0 radical (unpaired) electrons. The van der Waals surface area contributed by atoms with Crippen LogP contribution in [0.15, 0.2) is 39.7 Å². The van der Waals surface area contributed by atoms with Gasteiger partial charge in [0.1, 0.15) is 6.07 Å². The molecule has 0 fully saturated rings. The number of hydrogen-bond acceptors (Lipinski definition) is 4.